The van der Waals surface area contributed by atoms with Crippen LogP contribution in [-0.2, 0) is 11.2 Å². The van der Waals surface area contributed by atoms with Crippen molar-refractivity contribution in [3.8, 4) is 0 Å². The zero-order valence-corrected chi connectivity index (χ0v) is 11.2. The molecular weight excluding hydrogens is 256 g/mol. The Morgan fingerprint density at radius 1 is 1.35 bits per heavy atom. The van der Waals surface area contributed by atoms with Gasteiger partial charge in [0.15, 0.2) is 5.82 Å². The highest BCUT2D eigenvalue weighted by Crippen LogP contribution is 2.24. The molecule has 0 bridgehead atoms. The molecule has 0 saturated carbocycles. The minimum atomic E-state index is -0.247. The fraction of sp³-hybridized carbons (Fsp3) is 0.214. The predicted molar refractivity (Wildman–Crippen MR) is 74.8 cm³/mol. The van der Waals surface area contributed by atoms with Gasteiger partial charge in [-0.3, -0.25) is 14.7 Å². The molecule has 6 heteroatoms. The van der Waals surface area contributed by atoms with Crippen molar-refractivity contribution < 1.29 is 9.59 Å². The van der Waals surface area contributed by atoms with Crippen LogP contribution < -0.4 is 10.6 Å². The van der Waals surface area contributed by atoms with E-state index in [1.165, 1.54) is 0 Å². The van der Waals surface area contributed by atoms with Gasteiger partial charge in [-0.25, -0.2) is 0 Å². The molecule has 20 heavy (non-hydrogen) atoms. The topological polar surface area (TPSA) is 86.9 Å². The monoisotopic (exact) mass is 270 g/mol. The number of carbonyl (C=O) groups excluding carboxylic acids is 2. The van der Waals surface area contributed by atoms with Crippen LogP contribution in [0.5, 0.6) is 0 Å². The van der Waals surface area contributed by atoms with Gasteiger partial charge in [0.1, 0.15) is 0 Å². The van der Waals surface area contributed by atoms with Crippen LogP contribution in [-0.4, -0.2) is 22.0 Å². The van der Waals surface area contributed by atoms with E-state index in [1.807, 2.05) is 13.8 Å². The van der Waals surface area contributed by atoms with E-state index >= 15 is 0 Å². The van der Waals surface area contributed by atoms with Crippen molar-refractivity contribution in [2.45, 2.75) is 20.3 Å². The van der Waals surface area contributed by atoms with E-state index in [2.05, 4.69) is 20.8 Å². The van der Waals surface area contributed by atoms with Crippen LogP contribution in [0.4, 0.5) is 11.5 Å². The summed E-state index contributed by atoms with van der Waals surface area (Å²) in [7, 11) is 0. The van der Waals surface area contributed by atoms with Crippen molar-refractivity contribution in [3.05, 3.63) is 40.6 Å². The maximum atomic E-state index is 12.2. The van der Waals surface area contributed by atoms with Gasteiger partial charge in [0, 0.05) is 22.5 Å². The highest BCUT2D eigenvalue weighted by molar-refractivity contribution is 6.06. The van der Waals surface area contributed by atoms with Crippen LogP contribution in [0, 0.1) is 13.8 Å². The number of amides is 2. The Morgan fingerprint density at radius 3 is 2.85 bits per heavy atom. The first-order chi connectivity index (χ1) is 9.54. The molecule has 1 aromatic carbocycles. The highest BCUT2D eigenvalue weighted by Gasteiger charge is 2.19. The SMILES string of the molecule is Cc1[nH]nc(NC(=O)c2ccc3c(c2)NC(=O)C3)c1C. The number of nitrogens with zero attached hydrogens (tertiary/aromatic N) is 1. The largest absolute Gasteiger partial charge is 0.326 e. The van der Waals surface area contributed by atoms with E-state index < -0.39 is 0 Å². The van der Waals surface area contributed by atoms with Crippen LogP contribution in [0.15, 0.2) is 18.2 Å². The first-order valence-electron chi connectivity index (χ1n) is 6.30. The minimum absolute atomic E-state index is 0.0451. The number of rotatable bonds is 2. The first kappa shape index (κ1) is 12.4. The molecule has 0 spiro atoms. The average molecular weight is 270 g/mol. The van der Waals surface area contributed by atoms with Gasteiger partial charge in [-0.05, 0) is 31.5 Å². The van der Waals surface area contributed by atoms with E-state index in [0.29, 0.717) is 23.5 Å². The molecule has 2 aromatic rings. The van der Waals surface area contributed by atoms with E-state index in [0.717, 1.165) is 16.8 Å². The van der Waals surface area contributed by atoms with E-state index in [-0.39, 0.29) is 11.8 Å². The van der Waals surface area contributed by atoms with E-state index in [1.54, 1.807) is 18.2 Å². The van der Waals surface area contributed by atoms with Crippen LogP contribution in [0.2, 0.25) is 0 Å². The van der Waals surface area contributed by atoms with Gasteiger partial charge in [0.25, 0.3) is 5.91 Å². The summed E-state index contributed by atoms with van der Waals surface area (Å²) in [6, 6.07) is 5.19. The molecule has 102 valence electrons. The number of hydrogen-bond donors (Lipinski definition) is 3. The summed E-state index contributed by atoms with van der Waals surface area (Å²) in [6.07, 6.45) is 0.370. The smallest absolute Gasteiger partial charge is 0.256 e. The molecule has 1 aliphatic heterocycles. The Hall–Kier alpha value is -2.63. The lowest BCUT2D eigenvalue weighted by atomic mass is 10.1. The normalized spacial score (nSPS) is 13.0. The number of aromatic amines is 1. The third-order valence-corrected chi connectivity index (χ3v) is 3.48. The van der Waals surface area contributed by atoms with Crippen molar-refractivity contribution in [3.63, 3.8) is 0 Å². The summed E-state index contributed by atoms with van der Waals surface area (Å²) in [5.74, 6) is 0.233. The molecule has 3 N–H and O–H groups in total. The van der Waals surface area contributed by atoms with Crippen molar-refractivity contribution >= 4 is 23.3 Å². The Balaban J connectivity index is 1.83. The second-order valence-electron chi connectivity index (χ2n) is 4.87. The minimum Gasteiger partial charge on any atom is -0.326 e. The maximum absolute atomic E-state index is 12.2. The number of fused-ring (bicyclic) bond motifs is 1. The molecular formula is C14H14N4O2. The molecule has 0 fully saturated rings. The van der Waals surface area contributed by atoms with E-state index in [4.69, 9.17) is 0 Å². The van der Waals surface area contributed by atoms with Gasteiger partial charge in [0.05, 0.1) is 6.42 Å². The average Bonchev–Trinajstić information content (AvgIpc) is 2.93. The maximum Gasteiger partial charge on any atom is 0.256 e. The van der Waals surface area contributed by atoms with Gasteiger partial charge >= 0.3 is 0 Å². The number of H-pyrrole nitrogens is 1. The summed E-state index contributed by atoms with van der Waals surface area (Å²) in [4.78, 5) is 23.5. The quantitative estimate of drug-likeness (QED) is 0.777. The van der Waals surface area contributed by atoms with Gasteiger partial charge in [-0.15, -0.1) is 0 Å². The third-order valence-electron chi connectivity index (χ3n) is 3.48. The lowest BCUT2D eigenvalue weighted by molar-refractivity contribution is -0.115. The number of nitrogens with one attached hydrogen (secondary N) is 3. The summed E-state index contributed by atoms with van der Waals surface area (Å²) in [5.41, 5.74) is 3.94. The summed E-state index contributed by atoms with van der Waals surface area (Å²) in [6.45, 7) is 3.78. The van der Waals surface area contributed by atoms with Crippen LogP contribution in [0.3, 0.4) is 0 Å². The lowest BCUT2D eigenvalue weighted by Crippen LogP contribution is -2.13. The molecule has 0 unspecified atom stereocenters. The number of benzene rings is 1. The van der Waals surface area contributed by atoms with Gasteiger partial charge in [0.2, 0.25) is 5.91 Å². The second-order valence-corrected chi connectivity index (χ2v) is 4.87. The zero-order valence-electron chi connectivity index (χ0n) is 11.2. The molecule has 0 saturated heterocycles. The van der Waals surface area contributed by atoms with Crippen LogP contribution >= 0.6 is 0 Å². The molecule has 1 aliphatic rings. The molecule has 0 radical (unpaired) electrons. The fourth-order valence-corrected chi connectivity index (χ4v) is 2.14. The van der Waals surface area contributed by atoms with Crippen molar-refractivity contribution in [2.24, 2.45) is 0 Å². The Morgan fingerprint density at radius 2 is 2.15 bits per heavy atom. The number of aromatic nitrogens is 2. The number of aryl methyl sites for hydroxylation is 1. The Labute approximate surface area is 115 Å². The van der Waals surface area contributed by atoms with Crippen LogP contribution in [0.1, 0.15) is 27.2 Å². The Kier molecular flexibility index (Phi) is 2.78. The van der Waals surface area contributed by atoms with Crippen molar-refractivity contribution in [1.29, 1.82) is 0 Å². The molecule has 1 aromatic heterocycles. The highest BCUT2D eigenvalue weighted by atomic mass is 16.2. The molecule has 2 heterocycles. The summed E-state index contributed by atoms with van der Waals surface area (Å²) in [5, 5.41) is 12.3. The number of hydrogen-bond acceptors (Lipinski definition) is 3. The standard InChI is InChI=1S/C14H14N4O2/c1-7-8(2)17-18-13(7)16-14(20)10-4-3-9-6-12(19)15-11(9)5-10/h3-5H,6H2,1-2H3,(H,15,19)(H2,16,17,18,20). The number of anilines is 2. The fourth-order valence-electron chi connectivity index (χ4n) is 2.14. The summed E-state index contributed by atoms with van der Waals surface area (Å²) >= 11 is 0. The van der Waals surface area contributed by atoms with Crippen molar-refractivity contribution in [2.75, 3.05) is 10.6 Å². The second kappa shape index (κ2) is 4.48. The van der Waals surface area contributed by atoms with Crippen molar-refractivity contribution in [1.82, 2.24) is 10.2 Å². The molecule has 6 nitrogen and oxygen atoms in total. The predicted octanol–water partition coefficient (Wildman–Crippen LogP) is 1.77. The lowest BCUT2D eigenvalue weighted by Gasteiger charge is -2.05. The first-order valence-corrected chi connectivity index (χ1v) is 6.30. The Bertz CT molecular complexity index is 718. The van der Waals surface area contributed by atoms with Gasteiger partial charge in [-0.1, -0.05) is 6.07 Å². The van der Waals surface area contributed by atoms with Crippen LogP contribution in [0.25, 0.3) is 0 Å². The number of carbonyl (C=O) groups is 2. The van der Waals surface area contributed by atoms with E-state index in [9.17, 15) is 9.59 Å². The third kappa shape index (κ3) is 2.05. The molecule has 0 aliphatic carbocycles. The molecule has 3 rings (SSSR count). The molecule has 2 amide bonds. The zero-order chi connectivity index (χ0) is 14.3. The summed E-state index contributed by atoms with van der Waals surface area (Å²) < 4.78 is 0. The van der Waals surface area contributed by atoms with Gasteiger partial charge in [-0.2, -0.15) is 5.10 Å². The van der Waals surface area contributed by atoms with Gasteiger partial charge < -0.3 is 10.6 Å². The molecule has 0 atom stereocenters.